The summed E-state index contributed by atoms with van der Waals surface area (Å²) in [4.78, 5) is 39.4. The van der Waals surface area contributed by atoms with E-state index in [1.165, 1.54) is 21.0 Å². The fourth-order valence-corrected chi connectivity index (χ4v) is 7.43. The lowest BCUT2D eigenvalue weighted by atomic mass is 9.74. The Morgan fingerprint density at radius 3 is 2.39 bits per heavy atom. The zero-order valence-corrected chi connectivity index (χ0v) is 32.2. The smallest absolute Gasteiger partial charge is 0.316 e. The van der Waals surface area contributed by atoms with E-state index in [0.29, 0.717) is 12.1 Å². The highest BCUT2D eigenvalue weighted by Crippen LogP contribution is 2.38. The van der Waals surface area contributed by atoms with Gasteiger partial charge in [-0.15, -0.1) is 0 Å². The fraction of sp³-hybridized carbons (Fsp3) is 0.737. The van der Waals surface area contributed by atoms with Gasteiger partial charge in [-0.2, -0.15) is 0 Å². The van der Waals surface area contributed by atoms with E-state index in [-0.39, 0.29) is 31.6 Å². The molecule has 0 spiro atoms. The molecule has 288 valence electrons. The SMILES string of the molecule is CC[C@H]1OC(=O)[C@H](C)C(=O)[C@H](C)[C@@H](O[C@@H]2O[C@H](C)C[C@H](N(C)C)[C@H]2O)[C@](C)(OC)C[C@@H](C)/C(=N\OC/C=C/c2cccnc2)[C@H](C)[C@@H](O)[C@]1(C)O. The number of ketones is 1. The molecule has 51 heavy (non-hydrogen) atoms. The number of rotatable bonds is 9. The van der Waals surface area contributed by atoms with Gasteiger partial charge in [0.25, 0.3) is 0 Å². The van der Waals surface area contributed by atoms with E-state index < -0.39 is 77.3 Å². The second-order valence-electron chi connectivity index (χ2n) is 15.0. The molecule has 2 fully saturated rings. The molecule has 0 aliphatic carbocycles. The molecule has 2 aliphatic heterocycles. The van der Waals surface area contributed by atoms with Crippen LogP contribution >= 0.6 is 0 Å². The maximum Gasteiger partial charge on any atom is 0.316 e. The summed E-state index contributed by atoms with van der Waals surface area (Å²) in [7, 11) is 5.26. The number of aromatic nitrogens is 1. The number of cyclic esters (lactones) is 1. The predicted octanol–water partition coefficient (Wildman–Crippen LogP) is 3.63. The molecule has 13 nitrogen and oxygen atoms in total. The van der Waals surface area contributed by atoms with Gasteiger partial charge in [-0.05, 0) is 78.8 Å². The Morgan fingerprint density at radius 2 is 1.80 bits per heavy atom. The number of aliphatic hydroxyl groups is 3. The molecule has 3 N–H and O–H groups in total. The van der Waals surface area contributed by atoms with Crippen molar-refractivity contribution < 1.29 is 48.7 Å². The summed E-state index contributed by atoms with van der Waals surface area (Å²) in [5.74, 6) is -4.72. The van der Waals surface area contributed by atoms with Crippen molar-refractivity contribution in [3.8, 4) is 0 Å². The number of ether oxygens (including phenoxy) is 4. The van der Waals surface area contributed by atoms with Crippen molar-refractivity contribution in [3.05, 3.63) is 36.2 Å². The lowest BCUT2D eigenvalue weighted by Gasteiger charge is -2.47. The van der Waals surface area contributed by atoms with Crippen LogP contribution in [0.2, 0.25) is 0 Å². The van der Waals surface area contributed by atoms with Gasteiger partial charge in [0.2, 0.25) is 0 Å². The number of nitrogens with zero attached hydrogens (tertiary/aromatic N) is 3. The second-order valence-corrected chi connectivity index (χ2v) is 15.0. The molecule has 0 bridgehead atoms. The van der Waals surface area contributed by atoms with Crippen molar-refractivity contribution in [1.82, 2.24) is 9.88 Å². The van der Waals surface area contributed by atoms with Crippen LogP contribution in [-0.4, -0.2) is 125 Å². The van der Waals surface area contributed by atoms with E-state index in [0.717, 1.165) is 5.56 Å². The normalized spacial score (nSPS) is 40.0. The quantitative estimate of drug-likeness (QED) is 0.147. The summed E-state index contributed by atoms with van der Waals surface area (Å²) < 4.78 is 24.7. The van der Waals surface area contributed by atoms with Crippen LogP contribution in [0.5, 0.6) is 0 Å². The average molecular weight is 720 g/mol. The molecular formula is C38H61N3O10. The number of pyridine rings is 1. The standard InChI is InChI=1S/C38H61N3O10/c1-12-29-38(8,46)33(44)24(4)30(40-48-18-14-16-27-15-13-17-39-21-27)22(2)20-37(7,47-11)34(25(5)31(42)26(6)35(45)50-29)51-36-32(43)28(41(9)10)19-23(3)49-36/h13-17,21-26,28-29,32-34,36,43-44,46H,12,18-20H2,1-11H3/b16-14+,40-30+/t22-,23-,24+,25+,26-,28+,29-,32-,33-,34-,36+,37-,38-/m1/s1. The molecule has 0 amide bonds. The van der Waals surface area contributed by atoms with Crippen LogP contribution in [0.25, 0.3) is 6.08 Å². The summed E-state index contributed by atoms with van der Waals surface area (Å²) in [6.07, 6.45) is 2.01. The van der Waals surface area contributed by atoms with Gasteiger partial charge in [0, 0.05) is 43.3 Å². The minimum absolute atomic E-state index is 0.109. The van der Waals surface area contributed by atoms with E-state index in [1.807, 2.05) is 51.1 Å². The van der Waals surface area contributed by atoms with E-state index in [4.69, 9.17) is 23.8 Å². The third-order valence-electron chi connectivity index (χ3n) is 10.7. The molecule has 2 saturated heterocycles. The number of hydrogen-bond donors (Lipinski definition) is 3. The first-order chi connectivity index (χ1) is 23.9. The van der Waals surface area contributed by atoms with Gasteiger partial charge in [0.1, 0.15) is 30.3 Å². The highest BCUT2D eigenvalue weighted by atomic mass is 16.7. The third kappa shape index (κ3) is 10.2. The van der Waals surface area contributed by atoms with E-state index >= 15 is 0 Å². The largest absolute Gasteiger partial charge is 0.459 e. The Labute approximate surface area is 303 Å². The molecular weight excluding hydrogens is 658 g/mol. The Balaban J connectivity index is 2.10. The summed E-state index contributed by atoms with van der Waals surface area (Å²) in [6, 6.07) is 3.46. The lowest BCUT2D eigenvalue weighted by molar-refractivity contribution is -0.295. The van der Waals surface area contributed by atoms with E-state index in [1.54, 1.807) is 46.2 Å². The monoisotopic (exact) mass is 719 g/mol. The minimum Gasteiger partial charge on any atom is -0.459 e. The Hall–Kier alpha value is -2.78. The van der Waals surface area contributed by atoms with Crippen LogP contribution in [0.15, 0.2) is 35.8 Å². The molecule has 2 aliphatic rings. The number of methoxy groups -OCH3 is 1. The average Bonchev–Trinajstić information content (AvgIpc) is 3.10. The van der Waals surface area contributed by atoms with Gasteiger partial charge in [-0.25, -0.2) is 0 Å². The van der Waals surface area contributed by atoms with Gasteiger partial charge in [-0.3, -0.25) is 14.6 Å². The van der Waals surface area contributed by atoms with Gasteiger partial charge in [-0.1, -0.05) is 45.0 Å². The van der Waals surface area contributed by atoms with Crippen molar-refractivity contribution in [2.24, 2.45) is 28.8 Å². The Kier molecular flexibility index (Phi) is 15.3. The second kappa shape index (κ2) is 18.3. The number of likely N-dealkylation sites (N-methyl/N-ethyl adjacent to an activating group) is 1. The molecule has 13 heteroatoms. The van der Waals surface area contributed by atoms with Gasteiger partial charge in [0.15, 0.2) is 12.1 Å². The third-order valence-corrected chi connectivity index (χ3v) is 10.7. The van der Waals surface area contributed by atoms with Crippen molar-refractivity contribution in [2.45, 2.75) is 129 Å². The van der Waals surface area contributed by atoms with Crippen molar-refractivity contribution in [2.75, 3.05) is 27.8 Å². The predicted molar refractivity (Wildman–Crippen MR) is 192 cm³/mol. The zero-order chi connectivity index (χ0) is 38.3. The van der Waals surface area contributed by atoms with Crippen LogP contribution in [0.4, 0.5) is 0 Å². The molecule has 1 aromatic rings. The lowest BCUT2D eigenvalue weighted by Crippen LogP contribution is -2.60. The molecule has 3 heterocycles. The summed E-state index contributed by atoms with van der Waals surface area (Å²) in [5.41, 5.74) is -1.83. The minimum atomic E-state index is -1.91. The van der Waals surface area contributed by atoms with E-state index in [2.05, 4.69) is 10.1 Å². The molecule has 0 unspecified atom stereocenters. The van der Waals surface area contributed by atoms with Crippen molar-refractivity contribution in [3.63, 3.8) is 0 Å². The first-order valence-corrected chi connectivity index (χ1v) is 18.0. The number of hydrogen-bond acceptors (Lipinski definition) is 13. The number of aliphatic hydroxyl groups excluding tert-OH is 2. The molecule has 0 aromatic carbocycles. The van der Waals surface area contributed by atoms with E-state index in [9.17, 15) is 24.9 Å². The maximum atomic E-state index is 14.1. The number of Topliss-reactive ketones (excluding diaryl/α,β-unsaturated/α-hetero) is 1. The first kappa shape index (κ1) is 42.6. The molecule has 3 rings (SSSR count). The van der Waals surface area contributed by atoms with Crippen molar-refractivity contribution in [1.29, 1.82) is 0 Å². The zero-order valence-electron chi connectivity index (χ0n) is 32.2. The van der Waals surface area contributed by atoms with Gasteiger partial charge in [0.05, 0.1) is 29.6 Å². The maximum absolute atomic E-state index is 14.1. The topological polar surface area (TPSA) is 169 Å². The number of carbonyl (C=O) groups excluding carboxylic acids is 2. The molecule has 0 radical (unpaired) electrons. The van der Waals surface area contributed by atoms with Gasteiger partial charge >= 0.3 is 5.97 Å². The summed E-state index contributed by atoms with van der Waals surface area (Å²) in [5, 5.41) is 39.3. The highest BCUT2D eigenvalue weighted by molar-refractivity contribution is 6.00. The Morgan fingerprint density at radius 1 is 1.12 bits per heavy atom. The molecule has 1 aromatic heterocycles. The number of esters is 1. The highest BCUT2D eigenvalue weighted by Gasteiger charge is 2.51. The first-order valence-electron chi connectivity index (χ1n) is 18.0. The molecule has 13 atom stereocenters. The van der Waals surface area contributed by atoms with Crippen LogP contribution in [0.1, 0.15) is 80.2 Å². The number of carbonyl (C=O) groups is 2. The number of oxime groups is 1. The summed E-state index contributed by atoms with van der Waals surface area (Å²) >= 11 is 0. The fourth-order valence-electron chi connectivity index (χ4n) is 7.43. The van der Waals surface area contributed by atoms with Crippen LogP contribution in [0, 0.1) is 23.7 Å². The van der Waals surface area contributed by atoms with Gasteiger partial charge < -0.3 is 44.0 Å². The molecule has 0 saturated carbocycles. The van der Waals surface area contributed by atoms with Crippen LogP contribution in [-0.2, 0) is 33.4 Å². The van der Waals surface area contributed by atoms with Crippen LogP contribution in [0.3, 0.4) is 0 Å². The van der Waals surface area contributed by atoms with Crippen LogP contribution < -0.4 is 0 Å². The van der Waals surface area contributed by atoms with Crippen molar-refractivity contribution >= 4 is 23.5 Å². The summed E-state index contributed by atoms with van der Waals surface area (Å²) in [6.45, 7) is 13.7. The Bertz CT molecular complexity index is 1340.